The predicted molar refractivity (Wildman–Crippen MR) is 96.7 cm³/mol. The number of allylic oxidation sites excluding steroid dienone is 3. The number of benzene rings is 1. The molecule has 2 aliphatic rings. The van der Waals surface area contributed by atoms with Crippen molar-refractivity contribution in [2.24, 2.45) is 5.73 Å². The lowest BCUT2D eigenvalue weighted by Gasteiger charge is -2.33. The Labute approximate surface area is 137 Å². The van der Waals surface area contributed by atoms with Crippen molar-refractivity contribution in [2.45, 2.75) is 33.2 Å². The zero-order valence-corrected chi connectivity index (χ0v) is 14.2. The summed E-state index contributed by atoms with van der Waals surface area (Å²) < 4.78 is 0. The van der Waals surface area contributed by atoms with Crippen LogP contribution in [0.5, 0.6) is 0 Å². The molecule has 0 amide bonds. The van der Waals surface area contributed by atoms with Crippen LogP contribution in [0.1, 0.15) is 32.8 Å². The summed E-state index contributed by atoms with van der Waals surface area (Å²) in [5, 5.41) is 3.46. The molecule has 2 aliphatic heterocycles. The number of nitrogens with zero attached hydrogens (tertiary/aromatic N) is 1. The number of rotatable bonds is 3. The molecule has 0 fully saturated rings. The van der Waals surface area contributed by atoms with Gasteiger partial charge in [-0.15, -0.1) is 0 Å². The fraction of sp³-hybridized carbons (Fsp3) is 0.263. The molecular weight excluding hydrogens is 288 g/mol. The predicted octanol–water partition coefficient (Wildman–Crippen LogP) is 4.85. The van der Waals surface area contributed by atoms with Crippen molar-refractivity contribution in [2.75, 3.05) is 0 Å². The largest absolute Gasteiger partial charge is 0.324 e. The third kappa shape index (κ3) is 2.55. The van der Waals surface area contributed by atoms with E-state index in [4.69, 9.17) is 5.73 Å². The Hall–Kier alpha value is -1.71. The third-order valence-electron chi connectivity index (χ3n) is 3.94. The Balaban J connectivity index is 2.24. The van der Waals surface area contributed by atoms with Crippen molar-refractivity contribution in [1.29, 1.82) is 0 Å². The maximum atomic E-state index is 6.30. The molecule has 1 unspecified atom stereocenters. The van der Waals surface area contributed by atoms with Crippen LogP contribution in [0.4, 0.5) is 0 Å². The summed E-state index contributed by atoms with van der Waals surface area (Å²) in [5.74, 6) is 0. The quantitative estimate of drug-likeness (QED) is 0.865. The minimum atomic E-state index is 0.00613. The first-order valence-corrected chi connectivity index (χ1v) is 8.62. The lowest BCUT2D eigenvalue weighted by Crippen LogP contribution is -2.27. The van der Waals surface area contributed by atoms with E-state index in [-0.39, 0.29) is 6.04 Å². The summed E-state index contributed by atoms with van der Waals surface area (Å²) in [4.78, 5) is 2.35. The lowest BCUT2D eigenvalue weighted by molar-refractivity contribution is 0.583. The van der Waals surface area contributed by atoms with Gasteiger partial charge < -0.3 is 10.6 Å². The number of fused-ring (bicyclic) bond motifs is 1. The van der Waals surface area contributed by atoms with Gasteiger partial charge in [0.1, 0.15) is 0 Å². The molecule has 1 aromatic rings. The van der Waals surface area contributed by atoms with Gasteiger partial charge in [0.25, 0.3) is 0 Å². The van der Waals surface area contributed by atoms with Crippen LogP contribution in [0.2, 0.25) is 0 Å². The molecule has 3 rings (SSSR count). The van der Waals surface area contributed by atoms with Gasteiger partial charge in [0.15, 0.2) is 0 Å². The van der Waals surface area contributed by atoms with Crippen molar-refractivity contribution in [3.05, 3.63) is 75.5 Å². The van der Waals surface area contributed by atoms with E-state index in [1.807, 2.05) is 0 Å². The first kappa shape index (κ1) is 15.2. The lowest BCUT2D eigenvalue weighted by atomic mass is 9.90. The summed E-state index contributed by atoms with van der Waals surface area (Å²) in [5.41, 5.74) is 12.5. The standard InChI is InChI=1S/C19H22N2S/c1-4-8-17-19(15-9-6-5-7-10-15)16(14(3)20)11-18-21(17)13(2)12-22-18/h5-12,14H,4,20H2,1-3H3/b17-8-. The Morgan fingerprint density at radius 2 is 2.00 bits per heavy atom. The van der Waals surface area contributed by atoms with Crippen LogP contribution in [0.3, 0.4) is 0 Å². The molecule has 0 aliphatic carbocycles. The van der Waals surface area contributed by atoms with Gasteiger partial charge in [0.2, 0.25) is 0 Å². The molecule has 2 N–H and O–H groups in total. The molecule has 2 nitrogen and oxygen atoms in total. The second kappa shape index (κ2) is 6.19. The maximum Gasteiger partial charge on any atom is 0.0842 e. The van der Waals surface area contributed by atoms with Crippen LogP contribution in [-0.4, -0.2) is 10.9 Å². The van der Waals surface area contributed by atoms with E-state index in [0.29, 0.717) is 0 Å². The molecule has 1 aromatic carbocycles. The Bertz CT molecular complexity index is 693. The summed E-state index contributed by atoms with van der Waals surface area (Å²) in [7, 11) is 0. The maximum absolute atomic E-state index is 6.30. The molecule has 0 radical (unpaired) electrons. The van der Waals surface area contributed by atoms with Crippen LogP contribution in [0.25, 0.3) is 5.57 Å². The van der Waals surface area contributed by atoms with Gasteiger partial charge in [0, 0.05) is 17.3 Å². The number of hydrogen-bond acceptors (Lipinski definition) is 3. The van der Waals surface area contributed by atoms with Gasteiger partial charge in [-0.05, 0) is 42.9 Å². The van der Waals surface area contributed by atoms with Gasteiger partial charge in [0.05, 0.1) is 10.7 Å². The molecule has 0 spiro atoms. The third-order valence-corrected chi connectivity index (χ3v) is 4.94. The second-order valence-electron chi connectivity index (χ2n) is 5.68. The number of thioether (sulfide) groups is 1. The molecule has 0 saturated heterocycles. The van der Waals surface area contributed by atoms with Crippen LogP contribution in [-0.2, 0) is 0 Å². The second-order valence-corrected chi connectivity index (χ2v) is 6.57. The molecule has 3 heteroatoms. The fourth-order valence-electron chi connectivity index (χ4n) is 2.96. The Morgan fingerprint density at radius 3 is 2.64 bits per heavy atom. The topological polar surface area (TPSA) is 29.3 Å². The molecule has 114 valence electrons. The van der Waals surface area contributed by atoms with Gasteiger partial charge in [-0.1, -0.05) is 55.1 Å². The molecule has 1 atom stereocenters. The molecule has 2 heterocycles. The summed E-state index contributed by atoms with van der Waals surface area (Å²) in [6.07, 6.45) is 5.55. The van der Waals surface area contributed by atoms with E-state index in [9.17, 15) is 0 Å². The summed E-state index contributed by atoms with van der Waals surface area (Å²) in [6.45, 7) is 6.41. The molecule has 0 saturated carbocycles. The highest BCUT2D eigenvalue weighted by Gasteiger charge is 2.31. The van der Waals surface area contributed by atoms with Crippen LogP contribution >= 0.6 is 11.8 Å². The Morgan fingerprint density at radius 1 is 1.27 bits per heavy atom. The van der Waals surface area contributed by atoms with E-state index < -0.39 is 0 Å². The fourth-order valence-corrected chi connectivity index (χ4v) is 3.90. The van der Waals surface area contributed by atoms with Gasteiger partial charge in [-0.25, -0.2) is 0 Å². The SMILES string of the molecule is CC/C=C1/C(c2ccccc2)=C(C(C)N)C=C2SC=C(C)N21. The van der Waals surface area contributed by atoms with Crippen molar-refractivity contribution in [3.63, 3.8) is 0 Å². The van der Waals surface area contributed by atoms with E-state index >= 15 is 0 Å². The van der Waals surface area contributed by atoms with Gasteiger partial charge in [-0.2, -0.15) is 0 Å². The molecule has 0 bridgehead atoms. The minimum Gasteiger partial charge on any atom is -0.324 e. The van der Waals surface area contributed by atoms with Crippen LogP contribution in [0, 0.1) is 0 Å². The zero-order chi connectivity index (χ0) is 15.7. The summed E-state index contributed by atoms with van der Waals surface area (Å²) >= 11 is 1.78. The first-order chi connectivity index (χ1) is 10.6. The first-order valence-electron chi connectivity index (χ1n) is 7.74. The Kier molecular flexibility index (Phi) is 4.27. The molecule has 0 aromatic heterocycles. The molecular formula is C19H22N2S. The smallest absolute Gasteiger partial charge is 0.0842 e. The van der Waals surface area contributed by atoms with Crippen molar-refractivity contribution >= 4 is 17.3 Å². The van der Waals surface area contributed by atoms with E-state index in [0.717, 1.165) is 6.42 Å². The normalized spacial score (nSPS) is 20.9. The average Bonchev–Trinajstić information content (AvgIpc) is 2.89. The van der Waals surface area contributed by atoms with Crippen molar-refractivity contribution in [1.82, 2.24) is 4.90 Å². The number of hydrogen-bond donors (Lipinski definition) is 1. The highest BCUT2D eigenvalue weighted by atomic mass is 32.2. The monoisotopic (exact) mass is 310 g/mol. The van der Waals surface area contributed by atoms with Gasteiger partial charge in [-0.3, -0.25) is 0 Å². The number of nitrogens with two attached hydrogens (primary N) is 1. The molecule has 22 heavy (non-hydrogen) atoms. The van der Waals surface area contributed by atoms with Crippen LogP contribution in [0.15, 0.2) is 69.9 Å². The van der Waals surface area contributed by atoms with Crippen molar-refractivity contribution < 1.29 is 0 Å². The van der Waals surface area contributed by atoms with E-state index in [1.54, 1.807) is 11.8 Å². The zero-order valence-electron chi connectivity index (χ0n) is 13.3. The highest BCUT2D eigenvalue weighted by Crippen LogP contribution is 2.47. The van der Waals surface area contributed by atoms with E-state index in [1.165, 1.54) is 33.1 Å². The average molecular weight is 310 g/mol. The van der Waals surface area contributed by atoms with Crippen molar-refractivity contribution in [3.8, 4) is 0 Å². The highest BCUT2D eigenvalue weighted by molar-refractivity contribution is 8.06. The minimum absolute atomic E-state index is 0.00613. The summed E-state index contributed by atoms with van der Waals surface area (Å²) in [6, 6.07) is 10.6. The van der Waals surface area contributed by atoms with Gasteiger partial charge >= 0.3 is 0 Å². The van der Waals surface area contributed by atoms with E-state index in [2.05, 4.69) is 73.6 Å². The van der Waals surface area contributed by atoms with Crippen LogP contribution < -0.4 is 5.73 Å².